The molecule has 6 heteroatoms. The molecule has 1 saturated carbocycles. The molecule has 22 heavy (non-hydrogen) atoms. The highest BCUT2D eigenvalue weighted by atomic mass is 16.6. The van der Waals surface area contributed by atoms with Crippen LogP contribution < -0.4 is 10.6 Å². The van der Waals surface area contributed by atoms with Gasteiger partial charge in [0, 0.05) is 24.7 Å². The molecule has 2 atom stereocenters. The van der Waals surface area contributed by atoms with Crippen molar-refractivity contribution in [2.45, 2.75) is 45.1 Å². The van der Waals surface area contributed by atoms with Gasteiger partial charge in [0.2, 0.25) is 0 Å². The average Bonchev–Trinajstić information content (AvgIpc) is 2.54. The molecule has 0 aliphatic heterocycles. The first-order valence-corrected chi connectivity index (χ1v) is 7.82. The van der Waals surface area contributed by atoms with E-state index in [1.54, 1.807) is 12.1 Å². The van der Waals surface area contributed by atoms with E-state index < -0.39 is 4.92 Å². The van der Waals surface area contributed by atoms with Gasteiger partial charge in [-0.2, -0.15) is 0 Å². The van der Waals surface area contributed by atoms with Gasteiger partial charge in [0.15, 0.2) is 0 Å². The second kappa shape index (κ2) is 7.24. The zero-order valence-electron chi connectivity index (χ0n) is 13.1. The van der Waals surface area contributed by atoms with Crippen LogP contribution in [-0.2, 0) is 0 Å². The van der Waals surface area contributed by atoms with Gasteiger partial charge in [-0.25, -0.2) is 0 Å². The van der Waals surface area contributed by atoms with E-state index in [4.69, 9.17) is 0 Å². The van der Waals surface area contributed by atoms with Gasteiger partial charge in [0.25, 0.3) is 11.6 Å². The molecule has 0 aromatic heterocycles. The van der Waals surface area contributed by atoms with Crippen LogP contribution in [-0.4, -0.2) is 23.9 Å². The van der Waals surface area contributed by atoms with Gasteiger partial charge in [-0.15, -0.1) is 0 Å². The van der Waals surface area contributed by atoms with Crippen LogP contribution >= 0.6 is 0 Å². The topological polar surface area (TPSA) is 84.3 Å². The van der Waals surface area contributed by atoms with Gasteiger partial charge in [0.1, 0.15) is 5.69 Å². The van der Waals surface area contributed by atoms with Gasteiger partial charge in [-0.1, -0.05) is 26.2 Å². The number of benzene rings is 1. The van der Waals surface area contributed by atoms with Crippen molar-refractivity contribution >= 4 is 17.3 Å². The molecule has 0 saturated heterocycles. The molecule has 2 rings (SSSR count). The number of nitro groups is 1. The Morgan fingerprint density at radius 1 is 1.41 bits per heavy atom. The number of hydrogen-bond acceptors (Lipinski definition) is 4. The first-order chi connectivity index (χ1) is 10.5. The quantitative estimate of drug-likeness (QED) is 0.645. The molecular formula is C16H23N3O3. The fraction of sp³-hybridized carbons (Fsp3) is 0.562. The number of nitro benzene ring substituents is 1. The van der Waals surface area contributed by atoms with Crippen LogP contribution in [0.15, 0.2) is 18.2 Å². The van der Waals surface area contributed by atoms with Gasteiger partial charge in [0.05, 0.1) is 4.92 Å². The van der Waals surface area contributed by atoms with Crippen molar-refractivity contribution in [3.8, 4) is 0 Å². The summed E-state index contributed by atoms with van der Waals surface area (Å²) in [6.45, 7) is 2.19. The molecule has 120 valence electrons. The summed E-state index contributed by atoms with van der Waals surface area (Å²) in [7, 11) is 1.51. The fourth-order valence-electron chi connectivity index (χ4n) is 3.10. The number of nitrogens with one attached hydrogen (secondary N) is 2. The van der Waals surface area contributed by atoms with Crippen molar-refractivity contribution in [3.63, 3.8) is 0 Å². The molecule has 1 amide bonds. The molecule has 1 aromatic carbocycles. The summed E-state index contributed by atoms with van der Waals surface area (Å²) >= 11 is 0. The van der Waals surface area contributed by atoms with Gasteiger partial charge < -0.3 is 10.6 Å². The minimum absolute atomic E-state index is 0.0419. The fourth-order valence-corrected chi connectivity index (χ4v) is 3.10. The van der Waals surface area contributed by atoms with Crippen molar-refractivity contribution < 1.29 is 9.72 Å². The maximum atomic E-state index is 11.6. The third-order valence-electron chi connectivity index (χ3n) is 4.40. The highest BCUT2D eigenvalue weighted by Crippen LogP contribution is 2.32. The Morgan fingerprint density at radius 3 is 2.82 bits per heavy atom. The molecule has 1 aliphatic rings. The van der Waals surface area contributed by atoms with E-state index in [-0.39, 0.29) is 17.6 Å². The summed E-state index contributed by atoms with van der Waals surface area (Å²) in [5.41, 5.74) is 0.758. The van der Waals surface area contributed by atoms with Crippen LogP contribution in [0.2, 0.25) is 0 Å². The molecular weight excluding hydrogens is 282 g/mol. The van der Waals surface area contributed by atoms with Crippen LogP contribution in [0.25, 0.3) is 0 Å². The summed E-state index contributed by atoms with van der Waals surface area (Å²) < 4.78 is 0. The number of hydrogen-bond donors (Lipinski definition) is 2. The zero-order chi connectivity index (χ0) is 16.1. The van der Waals surface area contributed by atoms with Crippen LogP contribution in [0.5, 0.6) is 0 Å². The lowest BCUT2D eigenvalue weighted by molar-refractivity contribution is -0.384. The number of rotatable bonds is 5. The van der Waals surface area contributed by atoms with Crippen molar-refractivity contribution in [1.82, 2.24) is 5.32 Å². The first-order valence-electron chi connectivity index (χ1n) is 7.82. The lowest BCUT2D eigenvalue weighted by Crippen LogP contribution is -2.27. The summed E-state index contributed by atoms with van der Waals surface area (Å²) in [6, 6.07) is 4.86. The minimum Gasteiger partial charge on any atom is -0.377 e. The van der Waals surface area contributed by atoms with Crippen molar-refractivity contribution in [2.24, 2.45) is 5.92 Å². The molecule has 1 aromatic rings. The summed E-state index contributed by atoms with van der Waals surface area (Å²) in [6.07, 6.45) is 5.62. The smallest absolute Gasteiger partial charge is 0.293 e. The average molecular weight is 305 g/mol. The lowest BCUT2D eigenvalue weighted by Gasteiger charge is -2.29. The summed E-state index contributed by atoms with van der Waals surface area (Å²) in [4.78, 5) is 22.5. The second-order valence-corrected chi connectivity index (χ2v) is 5.85. The number of carbonyl (C=O) groups excluding carboxylic acids is 1. The van der Waals surface area contributed by atoms with E-state index in [1.807, 2.05) is 0 Å². The second-order valence-electron chi connectivity index (χ2n) is 5.85. The Kier molecular flexibility index (Phi) is 5.35. The highest BCUT2D eigenvalue weighted by molar-refractivity contribution is 5.95. The molecule has 0 spiro atoms. The minimum atomic E-state index is -0.436. The predicted molar refractivity (Wildman–Crippen MR) is 86.1 cm³/mol. The van der Waals surface area contributed by atoms with Crippen molar-refractivity contribution in [2.75, 3.05) is 12.4 Å². The van der Waals surface area contributed by atoms with E-state index in [1.165, 1.54) is 19.5 Å². The Labute approximate surface area is 130 Å². The van der Waals surface area contributed by atoms with Gasteiger partial charge >= 0.3 is 0 Å². The van der Waals surface area contributed by atoms with E-state index in [9.17, 15) is 14.9 Å². The van der Waals surface area contributed by atoms with Crippen LogP contribution in [0, 0.1) is 16.0 Å². The first kappa shape index (κ1) is 16.3. The largest absolute Gasteiger partial charge is 0.377 e. The number of amides is 1. The van der Waals surface area contributed by atoms with Crippen LogP contribution in [0.3, 0.4) is 0 Å². The number of anilines is 1. The van der Waals surface area contributed by atoms with E-state index >= 15 is 0 Å². The third kappa shape index (κ3) is 3.75. The highest BCUT2D eigenvalue weighted by Gasteiger charge is 2.24. The number of carbonyl (C=O) groups is 1. The third-order valence-corrected chi connectivity index (χ3v) is 4.40. The van der Waals surface area contributed by atoms with Crippen LogP contribution in [0.1, 0.15) is 49.4 Å². The Balaban J connectivity index is 2.19. The molecule has 0 bridgehead atoms. The Morgan fingerprint density at radius 2 is 2.18 bits per heavy atom. The Bertz CT molecular complexity index is 560. The lowest BCUT2D eigenvalue weighted by atomic mass is 9.84. The van der Waals surface area contributed by atoms with Crippen molar-refractivity contribution in [1.29, 1.82) is 0 Å². The maximum Gasteiger partial charge on any atom is 0.293 e. The molecule has 2 N–H and O–H groups in total. The number of nitrogens with zero attached hydrogens (tertiary/aromatic N) is 1. The molecule has 2 unspecified atom stereocenters. The van der Waals surface area contributed by atoms with Crippen molar-refractivity contribution in [3.05, 3.63) is 33.9 Å². The van der Waals surface area contributed by atoms with Crippen LogP contribution in [0.4, 0.5) is 11.4 Å². The summed E-state index contributed by atoms with van der Waals surface area (Å²) in [5.74, 6) is 0.369. The molecule has 6 nitrogen and oxygen atoms in total. The maximum absolute atomic E-state index is 11.6. The molecule has 0 heterocycles. The van der Waals surface area contributed by atoms with Gasteiger partial charge in [-0.3, -0.25) is 14.9 Å². The monoisotopic (exact) mass is 305 g/mol. The Hall–Kier alpha value is -2.11. The molecule has 1 fully saturated rings. The molecule has 0 radical (unpaired) electrons. The van der Waals surface area contributed by atoms with E-state index in [0.717, 1.165) is 25.7 Å². The van der Waals surface area contributed by atoms with E-state index in [2.05, 4.69) is 17.6 Å². The standard InChI is InChI=1S/C16H23N3O3/c1-3-11-5-4-6-13(9-11)18-14-8-7-12(16(20)17-2)10-15(14)19(21)22/h7-8,10-11,13,18H,3-6,9H2,1-2H3,(H,17,20). The predicted octanol–water partition coefficient (Wildman–Crippen LogP) is 3.34. The normalized spacial score (nSPS) is 21.2. The van der Waals surface area contributed by atoms with E-state index in [0.29, 0.717) is 17.2 Å². The zero-order valence-corrected chi connectivity index (χ0v) is 13.1. The molecule has 1 aliphatic carbocycles. The van der Waals surface area contributed by atoms with Gasteiger partial charge in [-0.05, 0) is 30.9 Å². The SMILES string of the molecule is CCC1CCCC(Nc2ccc(C(=O)NC)cc2[N+](=O)[O-])C1. The summed E-state index contributed by atoms with van der Waals surface area (Å²) in [5, 5.41) is 17.1.